The van der Waals surface area contributed by atoms with Crippen LogP contribution in [0.4, 0.5) is 4.39 Å². The number of fused-ring (bicyclic) bond motifs is 1. The molecule has 13 heavy (non-hydrogen) atoms. The van der Waals surface area contributed by atoms with Gasteiger partial charge in [-0.3, -0.25) is 0 Å². The molecular weight excluding hydrogens is 302 g/mol. The van der Waals surface area contributed by atoms with Crippen LogP contribution in [0.3, 0.4) is 0 Å². The number of methoxy groups -OCH3 is 1. The van der Waals surface area contributed by atoms with E-state index in [9.17, 15) is 4.39 Å². The van der Waals surface area contributed by atoms with Gasteiger partial charge in [-0.1, -0.05) is 0 Å². The van der Waals surface area contributed by atoms with Crippen molar-refractivity contribution in [2.24, 2.45) is 0 Å². The molecule has 0 unspecified atom stereocenters. The van der Waals surface area contributed by atoms with E-state index >= 15 is 0 Å². The second kappa shape index (κ2) is 3.42. The zero-order valence-corrected chi connectivity index (χ0v) is 9.78. The number of thiophene rings is 1. The minimum absolute atomic E-state index is 0.185. The molecule has 1 aromatic carbocycles. The molecule has 2 rings (SSSR count). The first-order chi connectivity index (χ1) is 6.22. The molecule has 1 heterocycles. The third-order valence-electron chi connectivity index (χ3n) is 1.78. The van der Waals surface area contributed by atoms with Gasteiger partial charge >= 0.3 is 0 Å². The lowest BCUT2D eigenvalue weighted by atomic mass is 10.2. The summed E-state index contributed by atoms with van der Waals surface area (Å²) in [5.74, 6) is 0.555. The van der Waals surface area contributed by atoms with E-state index in [1.807, 2.05) is 6.07 Å². The fourth-order valence-corrected chi connectivity index (χ4v) is 3.06. The van der Waals surface area contributed by atoms with E-state index in [-0.39, 0.29) is 5.82 Å². The Bertz CT molecular complexity index is 452. The van der Waals surface area contributed by atoms with E-state index in [2.05, 4.69) is 22.6 Å². The van der Waals surface area contributed by atoms with Crippen LogP contribution in [0.25, 0.3) is 10.1 Å². The normalized spacial score (nSPS) is 10.7. The molecule has 2 aromatic rings. The summed E-state index contributed by atoms with van der Waals surface area (Å²) in [5.41, 5.74) is 0. The molecule has 0 radical (unpaired) electrons. The van der Waals surface area contributed by atoms with Crippen molar-refractivity contribution in [1.82, 2.24) is 0 Å². The Morgan fingerprint density at radius 2 is 2.23 bits per heavy atom. The minimum Gasteiger partial charge on any atom is -0.495 e. The van der Waals surface area contributed by atoms with Crippen molar-refractivity contribution < 1.29 is 9.13 Å². The van der Waals surface area contributed by atoms with Crippen LogP contribution in [-0.4, -0.2) is 7.11 Å². The van der Waals surface area contributed by atoms with Gasteiger partial charge in [0.1, 0.15) is 11.6 Å². The first-order valence-electron chi connectivity index (χ1n) is 3.64. The molecule has 0 aliphatic rings. The van der Waals surface area contributed by atoms with E-state index in [4.69, 9.17) is 4.74 Å². The highest BCUT2D eigenvalue weighted by atomic mass is 127. The lowest BCUT2D eigenvalue weighted by Gasteiger charge is -2.00. The fourth-order valence-electron chi connectivity index (χ4n) is 1.20. The molecular formula is C9H6FIOS. The summed E-state index contributed by atoms with van der Waals surface area (Å²) >= 11 is 3.72. The maximum atomic E-state index is 13.3. The summed E-state index contributed by atoms with van der Waals surface area (Å²) in [6.07, 6.45) is 0. The van der Waals surface area contributed by atoms with Gasteiger partial charge in [-0.05, 0) is 40.8 Å². The Morgan fingerprint density at radius 3 is 2.92 bits per heavy atom. The van der Waals surface area contributed by atoms with Gasteiger partial charge < -0.3 is 4.74 Å². The summed E-state index contributed by atoms with van der Waals surface area (Å²) in [6.45, 7) is 0. The van der Waals surface area contributed by atoms with Crippen LogP contribution < -0.4 is 4.74 Å². The van der Waals surface area contributed by atoms with E-state index in [0.29, 0.717) is 5.39 Å². The van der Waals surface area contributed by atoms with Crippen molar-refractivity contribution in [2.75, 3.05) is 7.11 Å². The number of ether oxygens (including phenoxy) is 1. The zero-order chi connectivity index (χ0) is 9.42. The Balaban J connectivity index is 2.83. The summed E-state index contributed by atoms with van der Waals surface area (Å²) in [4.78, 5) is 0. The van der Waals surface area contributed by atoms with Crippen molar-refractivity contribution in [1.29, 1.82) is 0 Å². The van der Waals surface area contributed by atoms with Crippen molar-refractivity contribution in [2.45, 2.75) is 0 Å². The third-order valence-corrected chi connectivity index (χ3v) is 3.69. The average Bonchev–Trinajstić information content (AvgIpc) is 2.48. The summed E-state index contributed by atoms with van der Waals surface area (Å²) < 4.78 is 20.3. The molecule has 0 atom stereocenters. The highest BCUT2D eigenvalue weighted by molar-refractivity contribution is 14.1. The maximum absolute atomic E-state index is 13.3. The second-order valence-electron chi connectivity index (χ2n) is 2.54. The van der Waals surface area contributed by atoms with Crippen LogP contribution in [0.15, 0.2) is 18.2 Å². The molecule has 0 saturated heterocycles. The largest absolute Gasteiger partial charge is 0.495 e. The molecule has 0 amide bonds. The average molecular weight is 308 g/mol. The molecule has 68 valence electrons. The predicted molar refractivity (Wildman–Crippen MR) is 61.1 cm³/mol. The topological polar surface area (TPSA) is 9.23 Å². The standard InChI is InChI=1S/C9H6FIOS/c1-12-7-3-2-6(10)5-4-8(11)13-9(5)7/h2-4H,1H3. The highest BCUT2D eigenvalue weighted by Crippen LogP contribution is 2.35. The molecule has 1 nitrogen and oxygen atoms in total. The lowest BCUT2D eigenvalue weighted by Crippen LogP contribution is -1.83. The van der Waals surface area contributed by atoms with E-state index < -0.39 is 0 Å². The van der Waals surface area contributed by atoms with Crippen LogP contribution >= 0.6 is 33.9 Å². The van der Waals surface area contributed by atoms with E-state index in [1.54, 1.807) is 13.2 Å². The van der Waals surface area contributed by atoms with Crippen LogP contribution in [0.1, 0.15) is 0 Å². The molecule has 0 N–H and O–H groups in total. The maximum Gasteiger partial charge on any atom is 0.136 e. The monoisotopic (exact) mass is 308 g/mol. The Morgan fingerprint density at radius 1 is 1.46 bits per heavy atom. The number of hydrogen-bond donors (Lipinski definition) is 0. The van der Waals surface area contributed by atoms with Crippen LogP contribution in [0, 0.1) is 8.70 Å². The van der Waals surface area contributed by atoms with E-state index in [1.165, 1.54) is 17.4 Å². The van der Waals surface area contributed by atoms with Gasteiger partial charge in [0.2, 0.25) is 0 Å². The summed E-state index contributed by atoms with van der Waals surface area (Å²) in [7, 11) is 1.60. The quantitative estimate of drug-likeness (QED) is 0.731. The second-order valence-corrected chi connectivity index (χ2v) is 5.49. The number of benzene rings is 1. The van der Waals surface area contributed by atoms with Gasteiger partial charge in [0.15, 0.2) is 0 Å². The first-order valence-corrected chi connectivity index (χ1v) is 5.53. The van der Waals surface area contributed by atoms with Crippen LogP contribution in [-0.2, 0) is 0 Å². The van der Waals surface area contributed by atoms with Gasteiger partial charge in [-0.25, -0.2) is 4.39 Å². The van der Waals surface area contributed by atoms with Crippen molar-refractivity contribution >= 4 is 44.0 Å². The van der Waals surface area contributed by atoms with Gasteiger partial charge in [-0.2, -0.15) is 0 Å². The molecule has 0 saturated carbocycles. The Kier molecular flexibility index (Phi) is 2.42. The number of hydrogen-bond acceptors (Lipinski definition) is 2. The lowest BCUT2D eigenvalue weighted by molar-refractivity contribution is 0.420. The smallest absolute Gasteiger partial charge is 0.136 e. The Hall–Kier alpha value is -0.360. The molecule has 0 aliphatic carbocycles. The van der Waals surface area contributed by atoms with Gasteiger partial charge in [0.25, 0.3) is 0 Å². The van der Waals surface area contributed by atoms with Crippen LogP contribution in [0.2, 0.25) is 0 Å². The van der Waals surface area contributed by atoms with E-state index in [0.717, 1.165) is 13.3 Å². The van der Waals surface area contributed by atoms with Gasteiger partial charge in [-0.15, -0.1) is 11.3 Å². The van der Waals surface area contributed by atoms with Crippen molar-refractivity contribution in [3.05, 3.63) is 26.9 Å². The molecule has 0 fully saturated rings. The predicted octanol–water partition coefficient (Wildman–Crippen LogP) is 3.65. The van der Waals surface area contributed by atoms with Gasteiger partial charge in [0, 0.05) is 5.39 Å². The molecule has 0 spiro atoms. The molecule has 1 aromatic heterocycles. The van der Waals surface area contributed by atoms with Crippen molar-refractivity contribution in [3.63, 3.8) is 0 Å². The first kappa shape index (κ1) is 9.21. The Labute approximate surface area is 92.7 Å². The minimum atomic E-state index is -0.185. The third kappa shape index (κ3) is 1.52. The highest BCUT2D eigenvalue weighted by Gasteiger charge is 2.09. The van der Waals surface area contributed by atoms with Crippen molar-refractivity contribution in [3.8, 4) is 5.75 Å². The number of halogens is 2. The molecule has 4 heteroatoms. The summed E-state index contributed by atoms with van der Waals surface area (Å²) in [5, 5.41) is 0.647. The molecule has 0 aliphatic heterocycles. The fraction of sp³-hybridized carbons (Fsp3) is 0.111. The molecule has 0 bridgehead atoms. The zero-order valence-electron chi connectivity index (χ0n) is 6.80. The summed E-state index contributed by atoms with van der Waals surface area (Å²) in [6, 6.07) is 4.92. The van der Waals surface area contributed by atoms with Gasteiger partial charge in [0.05, 0.1) is 14.7 Å². The number of rotatable bonds is 1. The SMILES string of the molecule is COc1ccc(F)c2cc(I)sc12. The van der Waals surface area contributed by atoms with Crippen LogP contribution in [0.5, 0.6) is 5.75 Å².